The SMILES string of the molecule is Cn1c(N2CCC(=O)NC2=O)cnc1-c1ccc(CN2CCc3ccc(Cc4c(F)cccc4Cl)cc3C2)cc1. The van der Waals surface area contributed by atoms with E-state index in [1.54, 1.807) is 18.3 Å². The summed E-state index contributed by atoms with van der Waals surface area (Å²) in [5, 5.41) is 2.81. The van der Waals surface area contributed by atoms with Crippen LogP contribution in [0.2, 0.25) is 5.02 Å². The molecule has 0 aliphatic carbocycles. The maximum Gasteiger partial charge on any atom is 0.329 e. The number of imidazole rings is 1. The lowest BCUT2D eigenvalue weighted by molar-refractivity contribution is -0.120. The van der Waals surface area contributed by atoms with E-state index in [4.69, 9.17) is 11.6 Å². The average Bonchev–Trinajstić information content (AvgIpc) is 3.32. The van der Waals surface area contributed by atoms with Gasteiger partial charge in [0.05, 0.1) is 6.20 Å². The Morgan fingerprint density at radius 3 is 2.55 bits per heavy atom. The van der Waals surface area contributed by atoms with Crippen molar-refractivity contribution in [2.24, 2.45) is 7.05 Å². The van der Waals surface area contributed by atoms with Gasteiger partial charge in [-0.1, -0.05) is 60.1 Å². The zero-order chi connectivity index (χ0) is 27.8. The number of carbonyl (C=O) groups excluding carboxylic acids is 2. The van der Waals surface area contributed by atoms with Crippen molar-refractivity contribution in [2.75, 3.05) is 18.0 Å². The number of imide groups is 1. The van der Waals surface area contributed by atoms with E-state index in [1.807, 2.05) is 11.6 Å². The second-order valence-electron chi connectivity index (χ2n) is 10.4. The second kappa shape index (κ2) is 10.9. The van der Waals surface area contributed by atoms with Crippen LogP contribution in [0.4, 0.5) is 15.0 Å². The topological polar surface area (TPSA) is 70.5 Å². The van der Waals surface area contributed by atoms with Crippen molar-refractivity contribution >= 4 is 29.4 Å². The van der Waals surface area contributed by atoms with E-state index in [2.05, 4.69) is 57.7 Å². The number of aromatic nitrogens is 2. The number of nitrogens with one attached hydrogen (secondary N) is 1. The summed E-state index contributed by atoms with van der Waals surface area (Å²) in [6.07, 6.45) is 3.37. The van der Waals surface area contributed by atoms with E-state index in [0.29, 0.717) is 29.4 Å². The van der Waals surface area contributed by atoms with E-state index in [-0.39, 0.29) is 18.1 Å². The minimum Gasteiger partial charge on any atom is -0.314 e. The summed E-state index contributed by atoms with van der Waals surface area (Å²) < 4.78 is 16.2. The van der Waals surface area contributed by atoms with Crippen molar-refractivity contribution in [3.63, 3.8) is 0 Å². The normalized spacial score (nSPS) is 15.7. The molecule has 2 aliphatic rings. The Morgan fingerprint density at radius 1 is 0.975 bits per heavy atom. The van der Waals surface area contributed by atoms with Gasteiger partial charge in [-0.2, -0.15) is 0 Å². The lowest BCUT2D eigenvalue weighted by Gasteiger charge is -2.29. The first-order valence-corrected chi connectivity index (χ1v) is 13.7. The summed E-state index contributed by atoms with van der Waals surface area (Å²) in [6, 6.07) is 19.1. The molecule has 1 fully saturated rings. The highest BCUT2D eigenvalue weighted by Gasteiger charge is 2.27. The average molecular weight is 558 g/mol. The lowest BCUT2D eigenvalue weighted by Crippen LogP contribution is -2.50. The number of urea groups is 1. The number of hydrogen-bond acceptors (Lipinski definition) is 4. The molecule has 0 saturated carbocycles. The minimum absolute atomic E-state index is 0.260. The summed E-state index contributed by atoms with van der Waals surface area (Å²) in [4.78, 5) is 32.3. The Bertz CT molecular complexity index is 1580. The van der Waals surface area contributed by atoms with Crippen molar-refractivity contribution in [3.8, 4) is 11.4 Å². The molecule has 1 saturated heterocycles. The predicted octanol–water partition coefficient (Wildman–Crippen LogP) is 5.48. The molecule has 1 N–H and O–H groups in total. The first kappa shape index (κ1) is 26.2. The third-order valence-corrected chi connectivity index (χ3v) is 8.07. The Balaban J connectivity index is 1.13. The molecule has 204 valence electrons. The van der Waals surface area contributed by atoms with Gasteiger partial charge in [-0.3, -0.25) is 19.9 Å². The highest BCUT2D eigenvalue weighted by molar-refractivity contribution is 6.31. The van der Waals surface area contributed by atoms with Crippen LogP contribution < -0.4 is 10.2 Å². The van der Waals surface area contributed by atoms with Gasteiger partial charge in [-0.05, 0) is 40.8 Å². The highest BCUT2D eigenvalue weighted by Crippen LogP contribution is 2.28. The summed E-state index contributed by atoms with van der Waals surface area (Å²) in [5.74, 6) is 0.864. The Morgan fingerprint density at radius 2 is 1.77 bits per heavy atom. The first-order valence-electron chi connectivity index (χ1n) is 13.3. The maximum absolute atomic E-state index is 14.3. The van der Waals surface area contributed by atoms with Crippen LogP contribution in [0.5, 0.6) is 0 Å². The molecular weight excluding hydrogens is 529 g/mol. The molecule has 3 aromatic carbocycles. The molecule has 0 bridgehead atoms. The standard InChI is InChI=1S/C31H29ClFN5O2/c1-36-29(38-14-12-28(39)35-31(38)40)17-34-30(36)23-9-5-20(6-10-23)18-37-13-11-22-8-7-21(15-24(22)19-37)16-25-26(32)3-2-4-27(25)33/h2-10,15,17H,11-14,16,18-19H2,1H3,(H,35,39,40). The molecule has 0 atom stereocenters. The number of fused-ring (bicyclic) bond motifs is 1. The molecule has 7 nitrogen and oxygen atoms in total. The van der Waals surface area contributed by atoms with Crippen molar-refractivity contribution in [1.29, 1.82) is 0 Å². The number of rotatable bonds is 6. The van der Waals surface area contributed by atoms with Crippen molar-refractivity contribution in [2.45, 2.75) is 32.4 Å². The van der Waals surface area contributed by atoms with Crippen LogP contribution in [-0.2, 0) is 37.8 Å². The number of halogens is 2. The van der Waals surface area contributed by atoms with Gasteiger partial charge in [0.2, 0.25) is 5.91 Å². The van der Waals surface area contributed by atoms with Crippen LogP contribution in [-0.4, -0.2) is 39.5 Å². The number of amides is 3. The molecule has 2 aliphatic heterocycles. The largest absolute Gasteiger partial charge is 0.329 e. The molecular formula is C31H29ClFN5O2. The molecule has 3 heterocycles. The fourth-order valence-electron chi connectivity index (χ4n) is 5.54. The van der Waals surface area contributed by atoms with Crippen LogP contribution in [0.25, 0.3) is 11.4 Å². The zero-order valence-corrected chi connectivity index (χ0v) is 22.9. The number of nitrogens with zero attached hydrogens (tertiary/aromatic N) is 4. The second-order valence-corrected chi connectivity index (χ2v) is 10.8. The monoisotopic (exact) mass is 557 g/mol. The fraction of sp³-hybridized carbons (Fsp3) is 0.258. The molecule has 0 spiro atoms. The maximum atomic E-state index is 14.3. The molecule has 0 radical (unpaired) electrons. The fourth-order valence-corrected chi connectivity index (χ4v) is 5.77. The molecule has 9 heteroatoms. The Hall–Kier alpha value is -4.01. The van der Waals surface area contributed by atoms with Gasteiger partial charge in [0.1, 0.15) is 17.5 Å². The smallest absolute Gasteiger partial charge is 0.314 e. The van der Waals surface area contributed by atoms with Crippen LogP contribution in [0.1, 0.15) is 34.2 Å². The number of hydrogen-bond donors (Lipinski definition) is 1. The lowest BCUT2D eigenvalue weighted by atomic mass is 9.94. The summed E-state index contributed by atoms with van der Waals surface area (Å²) in [7, 11) is 1.87. The predicted molar refractivity (Wildman–Crippen MR) is 153 cm³/mol. The zero-order valence-electron chi connectivity index (χ0n) is 22.2. The van der Waals surface area contributed by atoms with Crippen molar-refractivity contribution in [3.05, 3.63) is 106 Å². The van der Waals surface area contributed by atoms with Gasteiger partial charge in [-0.25, -0.2) is 14.2 Å². The van der Waals surface area contributed by atoms with Gasteiger partial charge in [-0.15, -0.1) is 0 Å². The van der Waals surface area contributed by atoms with E-state index < -0.39 is 6.03 Å². The first-order chi connectivity index (χ1) is 19.4. The summed E-state index contributed by atoms with van der Waals surface area (Å²) in [6.45, 7) is 2.95. The summed E-state index contributed by atoms with van der Waals surface area (Å²) >= 11 is 6.26. The van der Waals surface area contributed by atoms with Gasteiger partial charge in [0, 0.05) is 62.2 Å². The molecule has 6 rings (SSSR count). The number of carbonyl (C=O) groups is 2. The molecule has 40 heavy (non-hydrogen) atoms. The van der Waals surface area contributed by atoms with Crippen LogP contribution in [0, 0.1) is 5.82 Å². The third kappa shape index (κ3) is 5.24. The quantitative estimate of drug-likeness (QED) is 0.341. The van der Waals surface area contributed by atoms with Gasteiger partial charge in [0.15, 0.2) is 0 Å². The van der Waals surface area contributed by atoms with Crippen LogP contribution in [0.15, 0.2) is 66.9 Å². The van der Waals surface area contributed by atoms with E-state index in [0.717, 1.165) is 43.0 Å². The minimum atomic E-state index is -0.424. The van der Waals surface area contributed by atoms with Crippen LogP contribution >= 0.6 is 11.6 Å². The number of benzene rings is 3. The van der Waals surface area contributed by atoms with E-state index in [1.165, 1.54) is 27.7 Å². The molecule has 4 aromatic rings. The van der Waals surface area contributed by atoms with Gasteiger partial charge < -0.3 is 4.57 Å². The van der Waals surface area contributed by atoms with E-state index >= 15 is 0 Å². The summed E-state index contributed by atoms with van der Waals surface area (Å²) in [5.41, 5.74) is 6.35. The van der Waals surface area contributed by atoms with E-state index in [9.17, 15) is 14.0 Å². The molecule has 1 aromatic heterocycles. The van der Waals surface area contributed by atoms with Crippen molar-refractivity contribution in [1.82, 2.24) is 19.8 Å². The highest BCUT2D eigenvalue weighted by atomic mass is 35.5. The number of anilines is 1. The van der Waals surface area contributed by atoms with Crippen molar-refractivity contribution < 1.29 is 14.0 Å². The van der Waals surface area contributed by atoms with Gasteiger partial charge >= 0.3 is 6.03 Å². The molecule has 3 amide bonds. The molecule has 0 unspecified atom stereocenters. The Labute approximate surface area is 237 Å². The van der Waals surface area contributed by atoms with Gasteiger partial charge in [0.25, 0.3) is 0 Å². The van der Waals surface area contributed by atoms with Crippen LogP contribution in [0.3, 0.4) is 0 Å². The third-order valence-electron chi connectivity index (χ3n) is 7.72. The Kier molecular flexibility index (Phi) is 7.12.